The van der Waals surface area contributed by atoms with Gasteiger partial charge in [-0.15, -0.1) is 0 Å². The van der Waals surface area contributed by atoms with E-state index in [0.717, 1.165) is 11.3 Å². The van der Waals surface area contributed by atoms with Crippen LogP contribution in [-0.2, 0) is 15.9 Å². The zero-order chi connectivity index (χ0) is 11.8. The predicted octanol–water partition coefficient (Wildman–Crippen LogP) is 1.22. The van der Waals surface area contributed by atoms with Crippen LogP contribution in [0.2, 0.25) is 0 Å². The van der Waals surface area contributed by atoms with Gasteiger partial charge in [0.15, 0.2) is 6.29 Å². The zero-order valence-electron chi connectivity index (χ0n) is 9.68. The number of hydrogen-bond acceptors (Lipinski definition) is 4. The first-order chi connectivity index (χ1) is 7.80. The number of methoxy groups -OCH3 is 2. The van der Waals surface area contributed by atoms with Crippen LogP contribution in [0.1, 0.15) is 5.56 Å². The average Bonchev–Trinajstić information content (AvgIpc) is 2.33. The van der Waals surface area contributed by atoms with Gasteiger partial charge in [0, 0.05) is 20.8 Å². The molecule has 0 aliphatic rings. The second-order valence-electron chi connectivity index (χ2n) is 3.33. The van der Waals surface area contributed by atoms with Gasteiger partial charge in [0.05, 0.1) is 0 Å². The molecule has 0 aromatic heterocycles. The van der Waals surface area contributed by atoms with Crippen LogP contribution in [0.3, 0.4) is 0 Å². The predicted molar refractivity (Wildman–Crippen MR) is 60.5 cm³/mol. The summed E-state index contributed by atoms with van der Waals surface area (Å²) >= 11 is 0. The van der Waals surface area contributed by atoms with E-state index in [2.05, 4.69) is 0 Å². The van der Waals surface area contributed by atoms with Gasteiger partial charge >= 0.3 is 0 Å². The summed E-state index contributed by atoms with van der Waals surface area (Å²) in [6.45, 7) is 0.516. The summed E-state index contributed by atoms with van der Waals surface area (Å²) < 4.78 is 15.5. The highest BCUT2D eigenvalue weighted by atomic mass is 16.7. The Morgan fingerprint density at radius 1 is 1.12 bits per heavy atom. The van der Waals surface area contributed by atoms with E-state index in [1.54, 1.807) is 14.2 Å². The quantitative estimate of drug-likeness (QED) is 0.710. The van der Waals surface area contributed by atoms with E-state index < -0.39 is 0 Å². The van der Waals surface area contributed by atoms with Gasteiger partial charge in [0.1, 0.15) is 12.4 Å². The molecule has 1 rings (SSSR count). The van der Waals surface area contributed by atoms with Gasteiger partial charge in [0.25, 0.3) is 0 Å². The van der Waals surface area contributed by atoms with E-state index in [1.807, 2.05) is 24.3 Å². The highest BCUT2D eigenvalue weighted by molar-refractivity contribution is 5.27. The number of ether oxygens (including phenoxy) is 3. The lowest BCUT2D eigenvalue weighted by Gasteiger charge is -2.14. The Kier molecular flexibility index (Phi) is 5.85. The molecule has 0 fully saturated rings. The Morgan fingerprint density at radius 2 is 1.75 bits per heavy atom. The normalized spacial score (nSPS) is 10.8. The highest BCUT2D eigenvalue weighted by Crippen LogP contribution is 2.13. The SMILES string of the molecule is COC(COc1ccc(CCO)cc1)OC. The number of benzene rings is 1. The van der Waals surface area contributed by atoms with Gasteiger partial charge in [-0.25, -0.2) is 0 Å². The maximum absolute atomic E-state index is 8.76. The Hall–Kier alpha value is -1.10. The summed E-state index contributed by atoms with van der Waals surface area (Å²) in [5.74, 6) is 0.765. The van der Waals surface area contributed by atoms with Crippen molar-refractivity contribution in [2.45, 2.75) is 12.7 Å². The Morgan fingerprint density at radius 3 is 2.25 bits per heavy atom. The number of rotatable bonds is 7. The minimum atomic E-state index is -0.350. The summed E-state index contributed by atoms with van der Waals surface area (Å²) in [5, 5.41) is 8.76. The van der Waals surface area contributed by atoms with E-state index in [4.69, 9.17) is 19.3 Å². The molecular weight excluding hydrogens is 208 g/mol. The molecule has 0 unspecified atom stereocenters. The largest absolute Gasteiger partial charge is 0.488 e. The van der Waals surface area contributed by atoms with Crippen molar-refractivity contribution in [1.29, 1.82) is 0 Å². The summed E-state index contributed by atoms with van der Waals surface area (Å²) in [5.41, 5.74) is 1.09. The van der Waals surface area contributed by atoms with Crippen LogP contribution in [0.15, 0.2) is 24.3 Å². The third-order valence-electron chi connectivity index (χ3n) is 2.24. The van der Waals surface area contributed by atoms with Gasteiger partial charge in [-0.3, -0.25) is 0 Å². The molecule has 16 heavy (non-hydrogen) atoms. The van der Waals surface area contributed by atoms with Crippen molar-refractivity contribution >= 4 is 0 Å². The fourth-order valence-electron chi connectivity index (χ4n) is 1.28. The summed E-state index contributed by atoms with van der Waals surface area (Å²) in [6.07, 6.45) is 0.316. The first kappa shape index (κ1) is 13.0. The molecule has 0 saturated carbocycles. The van der Waals surface area contributed by atoms with E-state index in [9.17, 15) is 0 Å². The van der Waals surface area contributed by atoms with Gasteiger partial charge in [-0.1, -0.05) is 12.1 Å². The molecule has 0 aliphatic carbocycles. The van der Waals surface area contributed by atoms with Crippen molar-refractivity contribution in [3.63, 3.8) is 0 Å². The smallest absolute Gasteiger partial charge is 0.191 e. The van der Waals surface area contributed by atoms with Crippen LogP contribution in [0, 0.1) is 0 Å². The lowest BCUT2D eigenvalue weighted by Crippen LogP contribution is -2.21. The van der Waals surface area contributed by atoms with Crippen molar-refractivity contribution in [2.24, 2.45) is 0 Å². The Balaban J connectivity index is 2.42. The molecule has 0 radical (unpaired) electrons. The molecule has 0 atom stereocenters. The first-order valence-electron chi connectivity index (χ1n) is 5.18. The molecule has 0 saturated heterocycles. The molecular formula is C12H18O4. The molecule has 1 aromatic rings. The van der Waals surface area contributed by atoms with Crippen molar-refractivity contribution in [3.8, 4) is 5.75 Å². The lowest BCUT2D eigenvalue weighted by atomic mass is 10.1. The van der Waals surface area contributed by atoms with E-state index in [1.165, 1.54) is 0 Å². The molecule has 4 heteroatoms. The van der Waals surface area contributed by atoms with Gasteiger partial charge < -0.3 is 19.3 Å². The maximum atomic E-state index is 8.76. The fourth-order valence-corrected chi connectivity index (χ4v) is 1.28. The number of aliphatic hydroxyl groups is 1. The maximum Gasteiger partial charge on any atom is 0.191 e. The van der Waals surface area contributed by atoms with Crippen LogP contribution in [-0.4, -0.2) is 38.8 Å². The Bertz CT molecular complexity index is 280. The van der Waals surface area contributed by atoms with Crippen LogP contribution in [0.4, 0.5) is 0 Å². The van der Waals surface area contributed by atoms with Crippen LogP contribution < -0.4 is 4.74 Å². The van der Waals surface area contributed by atoms with E-state index >= 15 is 0 Å². The summed E-state index contributed by atoms with van der Waals surface area (Å²) in [4.78, 5) is 0. The summed E-state index contributed by atoms with van der Waals surface area (Å²) in [7, 11) is 3.14. The van der Waals surface area contributed by atoms with Crippen LogP contribution in [0.5, 0.6) is 5.75 Å². The van der Waals surface area contributed by atoms with E-state index in [0.29, 0.717) is 13.0 Å². The fraction of sp³-hybridized carbons (Fsp3) is 0.500. The van der Waals surface area contributed by atoms with Gasteiger partial charge in [-0.2, -0.15) is 0 Å². The molecule has 1 aromatic carbocycles. The van der Waals surface area contributed by atoms with Gasteiger partial charge in [-0.05, 0) is 24.1 Å². The van der Waals surface area contributed by atoms with Crippen LogP contribution >= 0.6 is 0 Å². The topological polar surface area (TPSA) is 47.9 Å². The minimum absolute atomic E-state index is 0.162. The standard InChI is InChI=1S/C12H18O4/c1-14-12(15-2)9-16-11-5-3-10(4-6-11)7-8-13/h3-6,12-13H,7-9H2,1-2H3. The lowest BCUT2D eigenvalue weighted by molar-refractivity contribution is -0.121. The van der Waals surface area contributed by atoms with E-state index in [-0.39, 0.29) is 12.9 Å². The molecule has 0 bridgehead atoms. The second kappa shape index (κ2) is 7.22. The van der Waals surface area contributed by atoms with Crippen molar-refractivity contribution in [1.82, 2.24) is 0 Å². The highest BCUT2D eigenvalue weighted by Gasteiger charge is 2.05. The molecule has 90 valence electrons. The monoisotopic (exact) mass is 226 g/mol. The molecule has 1 N–H and O–H groups in total. The number of aliphatic hydroxyl groups excluding tert-OH is 1. The first-order valence-corrected chi connectivity index (χ1v) is 5.18. The average molecular weight is 226 g/mol. The zero-order valence-corrected chi connectivity index (χ0v) is 9.68. The number of hydrogen-bond donors (Lipinski definition) is 1. The third-order valence-corrected chi connectivity index (χ3v) is 2.24. The molecule has 0 spiro atoms. The van der Waals surface area contributed by atoms with Crippen molar-refractivity contribution in [3.05, 3.63) is 29.8 Å². The Labute approximate surface area is 95.8 Å². The molecule has 0 heterocycles. The summed E-state index contributed by atoms with van der Waals surface area (Å²) in [6, 6.07) is 7.60. The minimum Gasteiger partial charge on any atom is -0.488 e. The van der Waals surface area contributed by atoms with Crippen molar-refractivity contribution in [2.75, 3.05) is 27.4 Å². The van der Waals surface area contributed by atoms with Crippen LogP contribution in [0.25, 0.3) is 0 Å². The molecule has 0 aliphatic heterocycles. The molecule has 0 amide bonds. The van der Waals surface area contributed by atoms with Crippen molar-refractivity contribution < 1.29 is 19.3 Å². The second-order valence-corrected chi connectivity index (χ2v) is 3.33. The third kappa shape index (κ3) is 4.18. The molecule has 4 nitrogen and oxygen atoms in total. The van der Waals surface area contributed by atoms with Gasteiger partial charge in [0.2, 0.25) is 0 Å².